The Morgan fingerprint density at radius 3 is 2.71 bits per heavy atom. The molecule has 0 bridgehead atoms. The largest absolute Gasteiger partial charge is 0.370 e. The predicted molar refractivity (Wildman–Crippen MR) is 62.0 cm³/mol. The molecular formula is C11H17BN2. The zero-order chi connectivity index (χ0) is 10.6. The molecule has 0 aromatic carbocycles. The van der Waals surface area contributed by atoms with E-state index in [2.05, 4.69) is 30.0 Å². The summed E-state index contributed by atoms with van der Waals surface area (Å²) >= 11 is 0. The lowest BCUT2D eigenvalue weighted by Gasteiger charge is -2.17. The molecular weight excluding hydrogens is 171 g/mol. The summed E-state index contributed by atoms with van der Waals surface area (Å²) in [5.41, 5.74) is 1.55. The molecule has 0 atom stereocenters. The molecule has 1 aliphatic heterocycles. The minimum atomic E-state index is 0.600. The van der Waals surface area contributed by atoms with Crippen LogP contribution in [0.25, 0.3) is 0 Å². The van der Waals surface area contributed by atoms with Crippen molar-refractivity contribution in [1.29, 1.82) is 0 Å². The van der Waals surface area contributed by atoms with Gasteiger partial charge < -0.3 is 10.2 Å². The molecule has 1 saturated heterocycles. The lowest BCUT2D eigenvalue weighted by molar-refractivity contribution is 0.389. The van der Waals surface area contributed by atoms with E-state index in [0.29, 0.717) is 5.47 Å². The SMILES string of the molecule is [B]C(=C)C(=C)CCCN1CCNC1=C. The zero-order valence-corrected chi connectivity index (χ0v) is 8.68. The van der Waals surface area contributed by atoms with Gasteiger partial charge in [-0.15, -0.1) is 12.1 Å². The lowest BCUT2D eigenvalue weighted by atomic mass is 9.88. The Labute approximate surface area is 87.8 Å². The van der Waals surface area contributed by atoms with Gasteiger partial charge in [0.15, 0.2) is 0 Å². The van der Waals surface area contributed by atoms with Crippen LogP contribution in [0.3, 0.4) is 0 Å². The van der Waals surface area contributed by atoms with Crippen molar-refractivity contribution in [2.24, 2.45) is 0 Å². The highest BCUT2D eigenvalue weighted by Crippen LogP contribution is 2.12. The van der Waals surface area contributed by atoms with E-state index in [1.165, 1.54) is 0 Å². The fourth-order valence-electron chi connectivity index (χ4n) is 1.47. The number of nitrogens with one attached hydrogen (secondary N) is 1. The summed E-state index contributed by atoms with van der Waals surface area (Å²) in [5.74, 6) is 1.03. The van der Waals surface area contributed by atoms with Crippen molar-refractivity contribution < 1.29 is 0 Å². The van der Waals surface area contributed by atoms with Crippen molar-refractivity contribution in [2.75, 3.05) is 19.6 Å². The van der Waals surface area contributed by atoms with Gasteiger partial charge in [-0.3, -0.25) is 0 Å². The van der Waals surface area contributed by atoms with Crippen LogP contribution in [0, 0.1) is 0 Å². The van der Waals surface area contributed by atoms with Crippen molar-refractivity contribution in [3.63, 3.8) is 0 Å². The molecule has 0 spiro atoms. The predicted octanol–water partition coefficient (Wildman–Crippen LogP) is 1.38. The number of nitrogens with zero attached hydrogens (tertiary/aromatic N) is 1. The Morgan fingerprint density at radius 2 is 2.21 bits per heavy atom. The Kier molecular flexibility index (Phi) is 3.87. The molecule has 1 rings (SSSR count). The van der Waals surface area contributed by atoms with E-state index in [0.717, 1.165) is 43.9 Å². The van der Waals surface area contributed by atoms with Crippen LogP contribution in [0.4, 0.5) is 0 Å². The quantitative estimate of drug-likeness (QED) is 0.518. The second kappa shape index (κ2) is 4.94. The van der Waals surface area contributed by atoms with Crippen LogP contribution in [0.1, 0.15) is 12.8 Å². The summed E-state index contributed by atoms with van der Waals surface area (Å²) in [6, 6.07) is 0. The molecule has 0 amide bonds. The van der Waals surface area contributed by atoms with E-state index in [1.54, 1.807) is 0 Å². The average Bonchev–Trinajstić information content (AvgIpc) is 2.51. The molecule has 3 heteroatoms. The molecule has 0 unspecified atom stereocenters. The minimum Gasteiger partial charge on any atom is -0.370 e. The summed E-state index contributed by atoms with van der Waals surface area (Å²) in [7, 11) is 5.52. The monoisotopic (exact) mass is 188 g/mol. The maximum atomic E-state index is 5.52. The smallest absolute Gasteiger partial charge is 0.113 e. The van der Waals surface area contributed by atoms with Gasteiger partial charge in [-0.2, -0.15) is 0 Å². The normalized spacial score (nSPS) is 15.4. The van der Waals surface area contributed by atoms with Gasteiger partial charge >= 0.3 is 0 Å². The van der Waals surface area contributed by atoms with E-state index in [9.17, 15) is 0 Å². The van der Waals surface area contributed by atoms with Crippen LogP contribution in [-0.4, -0.2) is 32.4 Å². The third-order valence-electron chi connectivity index (χ3n) is 2.45. The third-order valence-corrected chi connectivity index (χ3v) is 2.45. The fourth-order valence-corrected chi connectivity index (χ4v) is 1.47. The molecule has 1 fully saturated rings. The van der Waals surface area contributed by atoms with Crippen molar-refractivity contribution in [3.8, 4) is 0 Å². The van der Waals surface area contributed by atoms with E-state index < -0.39 is 0 Å². The first kappa shape index (κ1) is 11.0. The van der Waals surface area contributed by atoms with Gasteiger partial charge in [-0.1, -0.05) is 18.7 Å². The number of hydrogen-bond acceptors (Lipinski definition) is 2. The van der Waals surface area contributed by atoms with Crippen molar-refractivity contribution >= 4 is 7.85 Å². The molecule has 74 valence electrons. The molecule has 1 aliphatic rings. The molecule has 2 nitrogen and oxygen atoms in total. The second-order valence-electron chi connectivity index (χ2n) is 3.59. The van der Waals surface area contributed by atoms with Gasteiger partial charge in [-0.05, 0) is 12.8 Å². The molecule has 0 aromatic heterocycles. The van der Waals surface area contributed by atoms with Gasteiger partial charge in [0.2, 0.25) is 0 Å². The van der Waals surface area contributed by atoms with Crippen LogP contribution >= 0.6 is 0 Å². The van der Waals surface area contributed by atoms with Crippen LogP contribution in [0.15, 0.2) is 36.6 Å². The van der Waals surface area contributed by atoms with Gasteiger partial charge in [0, 0.05) is 19.6 Å². The van der Waals surface area contributed by atoms with Gasteiger partial charge in [-0.25, -0.2) is 0 Å². The molecule has 0 aliphatic carbocycles. The summed E-state index contributed by atoms with van der Waals surface area (Å²) in [5, 5.41) is 3.20. The Hall–Kier alpha value is -1.12. The molecule has 0 aromatic rings. The summed E-state index contributed by atoms with van der Waals surface area (Å²) in [6.45, 7) is 14.5. The van der Waals surface area contributed by atoms with Gasteiger partial charge in [0.25, 0.3) is 0 Å². The van der Waals surface area contributed by atoms with E-state index >= 15 is 0 Å². The van der Waals surface area contributed by atoms with Gasteiger partial charge in [0.05, 0.1) is 5.82 Å². The van der Waals surface area contributed by atoms with E-state index in [-0.39, 0.29) is 0 Å². The Morgan fingerprint density at radius 1 is 1.50 bits per heavy atom. The van der Waals surface area contributed by atoms with Crippen molar-refractivity contribution in [3.05, 3.63) is 36.6 Å². The summed E-state index contributed by atoms with van der Waals surface area (Å²) in [6.07, 6.45) is 1.97. The van der Waals surface area contributed by atoms with Crippen LogP contribution < -0.4 is 5.32 Å². The lowest BCUT2D eigenvalue weighted by Crippen LogP contribution is -2.20. The molecule has 0 saturated carbocycles. The number of allylic oxidation sites excluding steroid dienone is 2. The first-order chi connectivity index (χ1) is 6.61. The van der Waals surface area contributed by atoms with E-state index in [4.69, 9.17) is 7.85 Å². The first-order valence-corrected chi connectivity index (χ1v) is 4.91. The Balaban J connectivity index is 2.18. The summed E-state index contributed by atoms with van der Waals surface area (Å²) < 4.78 is 0. The van der Waals surface area contributed by atoms with Crippen LogP contribution in [-0.2, 0) is 0 Å². The topological polar surface area (TPSA) is 15.3 Å². The molecule has 14 heavy (non-hydrogen) atoms. The maximum Gasteiger partial charge on any atom is 0.113 e. The highest BCUT2D eigenvalue weighted by molar-refractivity contribution is 6.23. The first-order valence-electron chi connectivity index (χ1n) is 4.91. The third kappa shape index (κ3) is 2.98. The van der Waals surface area contributed by atoms with E-state index in [1.807, 2.05) is 0 Å². The fraction of sp³-hybridized carbons (Fsp3) is 0.455. The summed E-state index contributed by atoms with van der Waals surface area (Å²) in [4.78, 5) is 2.24. The highest BCUT2D eigenvalue weighted by Gasteiger charge is 2.12. The Bertz CT molecular complexity index is 258. The van der Waals surface area contributed by atoms with Crippen molar-refractivity contribution in [1.82, 2.24) is 10.2 Å². The zero-order valence-electron chi connectivity index (χ0n) is 8.68. The molecule has 2 radical (unpaired) electrons. The van der Waals surface area contributed by atoms with Gasteiger partial charge in [0.1, 0.15) is 7.85 Å². The highest BCUT2D eigenvalue weighted by atomic mass is 15.3. The second-order valence-corrected chi connectivity index (χ2v) is 3.59. The molecule has 1 N–H and O–H groups in total. The molecule has 1 heterocycles. The number of hydrogen-bond donors (Lipinski definition) is 1. The average molecular weight is 188 g/mol. The number of rotatable bonds is 5. The maximum absolute atomic E-state index is 5.52. The van der Waals surface area contributed by atoms with Crippen LogP contribution in [0.5, 0.6) is 0 Å². The van der Waals surface area contributed by atoms with Crippen LogP contribution in [0.2, 0.25) is 0 Å². The minimum absolute atomic E-state index is 0.600. The van der Waals surface area contributed by atoms with Crippen molar-refractivity contribution in [2.45, 2.75) is 12.8 Å². The standard InChI is InChI=1S/C11H17BN2/c1-9(10(2)12)5-4-7-14-8-6-13-11(14)3/h13H,1-8H2.